The van der Waals surface area contributed by atoms with Gasteiger partial charge in [-0.1, -0.05) is 20.8 Å². The van der Waals surface area contributed by atoms with Crippen molar-refractivity contribution < 1.29 is 9.53 Å². The molecule has 16 heavy (non-hydrogen) atoms. The topological polar surface area (TPSA) is 55.6 Å². The highest BCUT2D eigenvalue weighted by atomic mass is 16.5. The fraction of sp³-hybridized carbons (Fsp3) is 0.917. The van der Waals surface area contributed by atoms with E-state index in [0.717, 1.165) is 0 Å². The molecule has 2 N–H and O–H groups in total. The van der Waals surface area contributed by atoms with Gasteiger partial charge in [0.2, 0.25) is 5.91 Å². The van der Waals surface area contributed by atoms with E-state index in [-0.39, 0.29) is 16.9 Å². The van der Waals surface area contributed by atoms with E-state index in [1.807, 2.05) is 39.5 Å². The number of hydrogen-bond acceptors (Lipinski definition) is 3. The van der Waals surface area contributed by atoms with Crippen LogP contribution in [0.4, 0.5) is 0 Å². The van der Waals surface area contributed by atoms with Crippen LogP contribution in [0.1, 0.15) is 34.6 Å². The average molecular weight is 228 g/mol. The van der Waals surface area contributed by atoms with Gasteiger partial charge in [0.1, 0.15) is 0 Å². The molecule has 0 saturated carbocycles. The normalized spacial score (nSPS) is 23.0. The zero-order valence-electron chi connectivity index (χ0n) is 11.0. The Labute approximate surface area is 98.1 Å². The Morgan fingerprint density at radius 1 is 1.44 bits per heavy atom. The van der Waals surface area contributed by atoms with Crippen molar-refractivity contribution in [1.82, 2.24) is 4.90 Å². The van der Waals surface area contributed by atoms with Crippen LogP contribution in [0.15, 0.2) is 0 Å². The van der Waals surface area contributed by atoms with Gasteiger partial charge in [0.15, 0.2) is 0 Å². The number of nitrogens with two attached hydrogens (primary N) is 1. The summed E-state index contributed by atoms with van der Waals surface area (Å²) in [6, 6.07) is -0.443. The maximum Gasteiger partial charge on any atom is 0.240 e. The second-order valence-electron chi connectivity index (χ2n) is 6.21. The molecule has 1 aliphatic rings. The summed E-state index contributed by atoms with van der Waals surface area (Å²) >= 11 is 0. The van der Waals surface area contributed by atoms with Crippen molar-refractivity contribution in [2.45, 2.75) is 46.3 Å². The molecule has 1 saturated heterocycles. The van der Waals surface area contributed by atoms with Gasteiger partial charge < -0.3 is 15.4 Å². The molecule has 1 heterocycles. The predicted molar refractivity (Wildman–Crippen MR) is 64.0 cm³/mol. The summed E-state index contributed by atoms with van der Waals surface area (Å²) in [4.78, 5) is 14.0. The standard InChI is InChI=1S/C12H24N2O2/c1-11(2,3)9(13)10(15)14-6-7-16-12(4,5)8-14/h9H,6-8,13H2,1-5H3. The van der Waals surface area contributed by atoms with Crippen LogP contribution < -0.4 is 5.73 Å². The quantitative estimate of drug-likeness (QED) is 0.728. The van der Waals surface area contributed by atoms with Crippen molar-refractivity contribution in [2.24, 2.45) is 11.1 Å². The van der Waals surface area contributed by atoms with Crippen LogP contribution in [0.2, 0.25) is 0 Å². The molecule has 0 aliphatic carbocycles. The van der Waals surface area contributed by atoms with Gasteiger partial charge in [-0.2, -0.15) is 0 Å². The van der Waals surface area contributed by atoms with Crippen molar-refractivity contribution in [1.29, 1.82) is 0 Å². The van der Waals surface area contributed by atoms with E-state index < -0.39 is 6.04 Å². The SMILES string of the molecule is CC1(C)CN(C(=O)C(N)C(C)(C)C)CCO1. The number of carbonyl (C=O) groups excluding carboxylic acids is 1. The summed E-state index contributed by atoms with van der Waals surface area (Å²) in [5, 5.41) is 0. The Balaban J connectivity index is 2.68. The Hall–Kier alpha value is -0.610. The second-order valence-corrected chi connectivity index (χ2v) is 6.21. The lowest BCUT2D eigenvalue weighted by atomic mass is 9.86. The molecule has 4 heteroatoms. The number of carbonyl (C=O) groups is 1. The molecule has 0 radical (unpaired) electrons. The van der Waals surface area contributed by atoms with Gasteiger partial charge in [-0.3, -0.25) is 4.79 Å². The van der Waals surface area contributed by atoms with Crippen LogP contribution in [0.5, 0.6) is 0 Å². The van der Waals surface area contributed by atoms with E-state index in [1.54, 1.807) is 0 Å². The van der Waals surface area contributed by atoms with Gasteiger partial charge in [-0.25, -0.2) is 0 Å². The Kier molecular flexibility index (Phi) is 3.65. The predicted octanol–water partition coefficient (Wildman–Crippen LogP) is 0.997. The third-order valence-electron chi connectivity index (χ3n) is 2.94. The fourth-order valence-corrected chi connectivity index (χ4v) is 1.77. The van der Waals surface area contributed by atoms with Gasteiger partial charge in [0.25, 0.3) is 0 Å². The molecule has 1 aliphatic heterocycles. The van der Waals surface area contributed by atoms with Gasteiger partial charge in [-0.15, -0.1) is 0 Å². The first-order chi connectivity index (χ1) is 7.13. The first kappa shape index (κ1) is 13.5. The highest BCUT2D eigenvalue weighted by Gasteiger charge is 2.35. The van der Waals surface area contributed by atoms with Crippen molar-refractivity contribution >= 4 is 5.91 Å². The maximum atomic E-state index is 12.2. The molecule has 0 bridgehead atoms. The molecule has 0 aromatic heterocycles. The van der Waals surface area contributed by atoms with E-state index >= 15 is 0 Å². The number of hydrogen-bond donors (Lipinski definition) is 1. The minimum absolute atomic E-state index is 0.0314. The minimum Gasteiger partial charge on any atom is -0.372 e. The van der Waals surface area contributed by atoms with Gasteiger partial charge in [0, 0.05) is 13.1 Å². The Bertz CT molecular complexity index is 269. The molecular formula is C12H24N2O2. The fourth-order valence-electron chi connectivity index (χ4n) is 1.77. The summed E-state index contributed by atoms with van der Waals surface area (Å²) < 4.78 is 5.58. The third-order valence-corrected chi connectivity index (χ3v) is 2.94. The van der Waals surface area contributed by atoms with Crippen molar-refractivity contribution in [3.05, 3.63) is 0 Å². The van der Waals surface area contributed by atoms with Crippen molar-refractivity contribution in [3.8, 4) is 0 Å². The first-order valence-corrected chi connectivity index (χ1v) is 5.82. The van der Waals surface area contributed by atoms with Crippen molar-refractivity contribution in [2.75, 3.05) is 19.7 Å². The Morgan fingerprint density at radius 2 is 2.00 bits per heavy atom. The number of ether oxygens (including phenoxy) is 1. The summed E-state index contributed by atoms with van der Waals surface area (Å²) in [7, 11) is 0. The molecule has 4 nitrogen and oxygen atoms in total. The molecule has 0 aromatic carbocycles. The number of amides is 1. The lowest BCUT2D eigenvalue weighted by Gasteiger charge is -2.40. The highest BCUT2D eigenvalue weighted by Crippen LogP contribution is 2.22. The lowest BCUT2D eigenvalue weighted by molar-refractivity contribution is -0.149. The molecule has 1 unspecified atom stereocenters. The van der Waals surface area contributed by atoms with E-state index in [9.17, 15) is 4.79 Å². The summed E-state index contributed by atoms with van der Waals surface area (Å²) in [5.74, 6) is 0.0314. The largest absolute Gasteiger partial charge is 0.372 e. The second kappa shape index (κ2) is 4.34. The van der Waals surface area contributed by atoms with Gasteiger partial charge in [-0.05, 0) is 19.3 Å². The molecule has 94 valence electrons. The number of morpholine rings is 1. The maximum absolute atomic E-state index is 12.2. The summed E-state index contributed by atoms with van der Waals surface area (Å²) in [6.07, 6.45) is 0. The lowest BCUT2D eigenvalue weighted by Crippen LogP contribution is -2.57. The van der Waals surface area contributed by atoms with E-state index in [1.165, 1.54) is 0 Å². The molecule has 1 fully saturated rings. The van der Waals surface area contributed by atoms with Crippen LogP contribution in [-0.4, -0.2) is 42.1 Å². The monoisotopic (exact) mass is 228 g/mol. The van der Waals surface area contributed by atoms with Gasteiger partial charge in [0.05, 0.1) is 18.2 Å². The van der Waals surface area contributed by atoms with E-state index in [0.29, 0.717) is 19.7 Å². The number of nitrogens with zero attached hydrogens (tertiary/aromatic N) is 1. The average Bonchev–Trinajstić information content (AvgIpc) is 2.12. The minimum atomic E-state index is -0.443. The molecule has 0 spiro atoms. The van der Waals surface area contributed by atoms with E-state index in [2.05, 4.69) is 0 Å². The zero-order chi connectivity index (χ0) is 12.6. The number of rotatable bonds is 1. The van der Waals surface area contributed by atoms with E-state index in [4.69, 9.17) is 10.5 Å². The molecule has 1 rings (SSSR count). The van der Waals surface area contributed by atoms with Crippen molar-refractivity contribution in [3.63, 3.8) is 0 Å². The Morgan fingerprint density at radius 3 is 2.44 bits per heavy atom. The molecular weight excluding hydrogens is 204 g/mol. The third kappa shape index (κ3) is 3.19. The van der Waals surface area contributed by atoms with Crippen LogP contribution in [0.25, 0.3) is 0 Å². The van der Waals surface area contributed by atoms with Crippen LogP contribution in [0.3, 0.4) is 0 Å². The molecule has 0 aromatic rings. The smallest absolute Gasteiger partial charge is 0.240 e. The van der Waals surface area contributed by atoms with Crippen LogP contribution >= 0.6 is 0 Å². The molecule has 1 amide bonds. The van der Waals surface area contributed by atoms with Gasteiger partial charge >= 0.3 is 0 Å². The summed E-state index contributed by atoms with van der Waals surface area (Å²) in [6.45, 7) is 11.8. The molecule has 1 atom stereocenters. The first-order valence-electron chi connectivity index (χ1n) is 5.82. The summed E-state index contributed by atoms with van der Waals surface area (Å²) in [5.41, 5.74) is 5.53. The van der Waals surface area contributed by atoms with Crippen LogP contribution in [0, 0.1) is 5.41 Å². The zero-order valence-corrected chi connectivity index (χ0v) is 11.0. The highest BCUT2D eigenvalue weighted by molar-refractivity contribution is 5.82. The van der Waals surface area contributed by atoms with Crippen LogP contribution in [-0.2, 0) is 9.53 Å².